The Balaban J connectivity index is 1.59. The van der Waals surface area contributed by atoms with Gasteiger partial charge in [-0.05, 0) is 42.2 Å². The van der Waals surface area contributed by atoms with Gasteiger partial charge < -0.3 is 14.6 Å². The number of carbonyl (C=O) groups excluding carboxylic acids is 1. The number of aromatic nitrogens is 1. The highest BCUT2D eigenvalue weighted by Crippen LogP contribution is 2.34. The fraction of sp³-hybridized carbons (Fsp3) is 0.160. The van der Waals surface area contributed by atoms with Crippen LogP contribution in [-0.4, -0.2) is 23.1 Å². The molecule has 0 atom stereocenters. The van der Waals surface area contributed by atoms with Crippen LogP contribution in [0.5, 0.6) is 5.75 Å². The van der Waals surface area contributed by atoms with Crippen LogP contribution in [0.15, 0.2) is 83.8 Å². The maximum Gasteiger partial charge on any atom is 0.573 e. The topological polar surface area (TPSA) is 43.3 Å². The fourth-order valence-corrected chi connectivity index (χ4v) is 4.58. The van der Waals surface area contributed by atoms with Crippen LogP contribution in [0, 0.1) is 0 Å². The van der Waals surface area contributed by atoms with Crippen molar-refractivity contribution in [2.45, 2.75) is 24.2 Å². The third-order valence-corrected chi connectivity index (χ3v) is 5.98. The van der Waals surface area contributed by atoms with Crippen molar-refractivity contribution >= 4 is 34.3 Å². The van der Waals surface area contributed by atoms with Gasteiger partial charge in [-0.25, -0.2) is 0 Å². The molecule has 4 aromatic rings. The van der Waals surface area contributed by atoms with Crippen molar-refractivity contribution in [2.24, 2.45) is 0 Å². The number of fused-ring (bicyclic) bond motifs is 1. The second kappa shape index (κ2) is 9.62. The smallest absolute Gasteiger partial charge is 0.406 e. The van der Waals surface area contributed by atoms with Gasteiger partial charge in [0.15, 0.2) is 0 Å². The van der Waals surface area contributed by atoms with Crippen molar-refractivity contribution in [3.8, 4) is 5.75 Å². The summed E-state index contributed by atoms with van der Waals surface area (Å²) >= 11 is 1.59. The van der Waals surface area contributed by atoms with Gasteiger partial charge in [-0.1, -0.05) is 48.5 Å². The Morgan fingerprint density at radius 1 is 0.970 bits per heavy atom. The summed E-state index contributed by atoms with van der Waals surface area (Å²) in [6.45, 7) is 0.619. The molecule has 1 heterocycles. The van der Waals surface area contributed by atoms with E-state index < -0.39 is 6.36 Å². The molecule has 0 spiro atoms. The molecule has 0 unspecified atom stereocenters. The maximum absolute atomic E-state index is 12.9. The van der Waals surface area contributed by atoms with Crippen LogP contribution in [-0.2, 0) is 17.8 Å². The van der Waals surface area contributed by atoms with Crippen molar-refractivity contribution < 1.29 is 22.7 Å². The summed E-state index contributed by atoms with van der Waals surface area (Å²) in [5.74, 6) is -0.597. The van der Waals surface area contributed by atoms with Gasteiger partial charge in [-0.3, -0.25) is 4.79 Å². The number of para-hydroxylation sites is 1. The highest BCUT2D eigenvalue weighted by molar-refractivity contribution is 7.98. The van der Waals surface area contributed by atoms with E-state index in [4.69, 9.17) is 0 Å². The molecule has 0 saturated heterocycles. The van der Waals surface area contributed by atoms with Crippen LogP contribution in [0.1, 0.15) is 11.3 Å². The predicted molar refractivity (Wildman–Crippen MR) is 125 cm³/mol. The Morgan fingerprint density at radius 2 is 1.64 bits per heavy atom. The molecule has 1 aromatic heterocycles. The first-order valence-corrected chi connectivity index (χ1v) is 11.4. The third kappa shape index (κ3) is 5.51. The molecule has 1 N–H and O–H groups in total. The first-order chi connectivity index (χ1) is 15.8. The zero-order valence-electron chi connectivity index (χ0n) is 17.7. The number of benzene rings is 3. The lowest BCUT2D eigenvalue weighted by atomic mass is 10.2. The Kier molecular flexibility index (Phi) is 6.65. The molecule has 0 aliphatic rings. The van der Waals surface area contributed by atoms with E-state index in [9.17, 15) is 18.0 Å². The second-order valence-corrected chi connectivity index (χ2v) is 8.18. The molecule has 170 valence electrons. The second-order valence-electron chi connectivity index (χ2n) is 7.37. The Morgan fingerprint density at radius 3 is 2.30 bits per heavy atom. The number of hydrogen-bond acceptors (Lipinski definition) is 3. The van der Waals surface area contributed by atoms with E-state index >= 15 is 0 Å². The number of hydrogen-bond donors (Lipinski definition) is 1. The summed E-state index contributed by atoms with van der Waals surface area (Å²) < 4.78 is 43.1. The molecule has 8 heteroatoms. The van der Waals surface area contributed by atoms with Crippen molar-refractivity contribution in [2.75, 3.05) is 11.6 Å². The number of rotatable bonds is 7. The lowest BCUT2D eigenvalue weighted by molar-refractivity contribution is -0.274. The van der Waals surface area contributed by atoms with E-state index in [0.29, 0.717) is 12.2 Å². The summed E-state index contributed by atoms with van der Waals surface area (Å²) in [5.41, 5.74) is 3.45. The maximum atomic E-state index is 12.9. The van der Waals surface area contributed by atoms with Crippen molar-refractivity contribution in [1.29, 1.82) is 0 Å². The van der Waals surface area contributed by atoms with Gasteiger partial charge in [0, 0.05) is 33.7 Å². The molecular weight excluding hydrogens is 449 g/mol. The SMILES string of the molecule is CSc1c(CC(=O)Nc2ccc(OC(F)(F)F)cc2)n(Cc2ccccc2)c2ccccc12. The van der Waals surface area contributed by atoms with Crippen molar-refractivity contribution in [3.63, 3.8) is 0 Å². The van der Waals surface area contributed by atoms with Gasteiger partial charge >= 0.3 is 6.36 Å². The van der Waals surface area contributed by atoms with E-state index in [-0.39, 0.29) is 18.1 Å². The Labute approximate surface area is 193 Å². The molecule has 1 amide bonds. The number of halogens is 3. The number of nitrogens with zero attached hydrogens (tertiary/aromatic N) is 1. The molecule has 0 fully saturated rings. The minimum atomic E-state index is -4.76. The number of nitrogens with one attached hydrogen (secondary N) is 1. The highest BCUT2D eigenvalue weighted by atomic mass is 32.2. The molecule has 0 aliphatic heterocycles. The number of anilines is 1. The van der Waals surface area contributed by atoms with Crippen LogP contribution in [0.4, 0.5) is 18.9 Å². The van der Waals surface area contributed by atoms with Crippen molar-refractivity contribution in [1.82, 2.24) is 4.57 Å². The summed E-state index contributed by atoms with van der Waals surface area (Å²) in [4.78, 5) is 13.9. The predicted octanol–water partition coefficient (Wildman–Crippen LogP) is 6.49. The Hall–Kier alpha value is -3.39. The average Bonchev–Trinajstić information content (AvgIpc) is 3.07. The van der Waals surface area contributed by atoms with Gasteiger partial charge in [0.2, 0.25) is 5.91 Å². The summed E-state index contributed by atoms with van der Waals surface area (Å²) in [5, 5.41) is 3.85. The van der Waals surface area contributed by atoms with E-state index in [1.54, 1.807) is 11.8 Å². The molecule has 33 heavy (non-hydrogen) atoms. The standard InChI is InChI=1S/C25H21F3N2O2S/c1-33-24-20-9-5-6-10-21(20)30(16-17-7-3-2-4-8-17)22(24)15-23(31)29-18-11-13-19(14-12-18)32-25(26,27)28/h2-14H,15-16H2,1H3,(H,29,31). The normalized spacial score (nSPS) is 11.5. The largest absolute Gasteiger partial charge is 0.573 e. The van der Waals surface area contributed by atoms with Crippen LogP contribution >= 0.6 is 11.8 Å². The molecule has 0 bridgehead atoms. The number of amides is 1. The van der Waals surface area contributed by atoms with E-state index in [2.05, 4.69) is 14.6 Å². The van der Waals surface area contributed by atoms with E-state index in [0.717, 1.165) is 27.1 Å². The first-order valence-electron chi connectivity index (χ1n) is 10.2. The van der Waals surface area contributed by atoms with Gasteiger partial charge in [-0.15, -0.1) is 24.9 Å². The number of carbonyl (C=O) groups is 1. The first kappa shape index (κ1) is 22.8. The minimum Gasteiger partial charge on any atom is -0.406 e. The average molecular weight is 471 g/mol. The van der Waals surface area contributed by atoms with E-state index in [1.165, 1.54) is 24.3 Å². The fourth-order valence-electron chi connectivity index (χ4n) is 3.77. The van der Waals surface area contributed by atoms with Crippen LogP contribution in [0.2, 0.25) is 0 Å². The van der Waals surface area contributed by atoms with E-state index in [1.807, 2.05) is 60.9 Å². The van der Waals surface area contributed by atoms with Crippen LogP contribution < -0.4 is 10.1 Å². The lowest BCUT2D eigenvalue weighted by Crippen LogP contribution is -2.18. The third-order valence-electron chi connectivity index (χ3n) is 5.11. The van der Waals surface area contributed by atoms with Crippen LogP contribution in [0.3, 0.4) is 0 Å². The molecule has 4 nitrogen and oxygen atoms in total. The highest BCUT2D eigenvalue weighted by Gasteiger charge is 2.31. The molecule has 0 saturated carbocycles. The van der Waals surface area contributed by atoms with Crippen molar-refractivity contribution in [3.05, 3.63) is 90.1 Å². The zero-order chi connectivity index (χ0) is 23.4. The van der Waals surface area contributed by atoms with Gasteiger partial charge in [-0.2, -0.15) is 0 Å². The minimum absolute atomic E-state index is 0.124. The molecular formula is C25H21F3N2O2S. The monoisotopic (exact) mass is 470 g/mol. The number of alkyl halides is 3. The van der Waals surface area contributed by atoms with Gasteiger partial charge in [0.25, 0.3) is 0 Å². The molecule has 0 radical (unpaired) electrons. The summed E-state index contributed by atoms with van der Waals surface area (Å²) in [6.07, 6.45) is -2.65. The summed E-state index contributed by atoms with van der Waals surface area (Å²) in [7, 11) is 0. The molecule has 3 aromatic carbocycles. The number of ether oxygens (including phenoxy) is 1. The lowest BCUT2D eigenvalue weighted by Gasteiger charge is -2.13. The Bertz CT molecular complexity index is 1250. The number of thioether (sulfide) groups is 1. The van der Waals surface area contributed by atoms with Gasteiger partial charge in [0.05, 0.1) is 6.42 Å². The zero-order valence-corrected chi connectivity index (χ0v) is 18.5. The quantitative estimate of drug-likeness (QED) is 0.314. The van der Waals surface area contributed by atoms with Crippen LogP contribution in [0.25, 0.3) is 10.9 Å². The van der Waals surface area contributed by atoms with Gasteiger partial charge in [0.1, 0.15) is 5.75 Å². The summed E-state index contributed by atoms with van der Waals surface area (Å²) in [6, 6.07) is 23.2. The molecule has 4 rings (SSSR count). The molecule has 0 aliphatic carbocycles.